The van der Waals surface area contributed by atoms with Gasteiger partial charge in [0, 0.05) is 19.1 Å². The molecule has 0 saturated heterocycles. The molecule has 0 aromatic carbocycles. The SMILES string of the molecule is COCC(O)CSc1ccccn1. The number of pyridine rings is 1. The van der Waals surface area contributed by atoms with Crippen molar-refractivity contribution < 1.29 is 9.84 Å². The topological polar surface area (TPSA) is 42.4 Å². The molecule has 0 spiro atoms. The average molecular weight is 199 g/mol. The van der Waals surface area contributed by atoms with Crippen molar-refractivity contribution in [3.05, 3.63) is 24.4 Å². The predicted molar refractivity (Wildman–Crippen MR) is 52.8 cm³/mol. The Morgan fingerprint density at radius 1 is 1.62 bits per heavy atom. The molecule has 0 aliphatic heterocycles. The van der Waals surface area contributed by atoms with Gasteiger partial charge in [0.25, 0.3) is 0 Å². The van der Waals surface area contributed by atoms with Gasteiger partial charge in [-0.1, -0.05) is 6.07 Å². The zero-order valence-corrected chi connectivity index (χ0v) is 8.33. The van der Waals surface area contributed by atoms with Crippen molar-refractivity contribution in [3.63, 3.8) is 0 Å². The summed E-state index contributed by atoms with van der Waals surface area (Å²) in [4.78, 5) is 4.12. The van der Waals surface area contributed by atoms with Gasteiger partial charge in [-0.05, 0) is 12.1 Å². The largest absolute Gasteiger partial charge is 0.390 e. The fourth-order valence-corrected chi connectivity index (χ4v) is 1.62. The van der Waals surface area contributed by atoms with Gasteiger partial charge in [0.2, 0.25) is 0 Å². The minimum Gasteiger partial charge on any atom is -0.390 e. The second-order valence-electron chi connectivity index (χ2n) is 2.59. The van der Waals surface area contributed by atoms with Crippen molar-refractivity contribution in [3.8, 4) is 0 Å². The average Bonchev–Trinajstić information content (AvgIpc) is 2.17. The number of ether oxygens (including phenoxy) is 1. The molecule has 0 saturated carbocycles. The maximum Gasteiger partial charge on any atom is 0.0960 e. The summed E-state index contributed by atoms with van der Waals surface area (Å²) < 4.78 is 4.81. The number of aliphatic hydroxyl groups is 1. The smallest absolute Gasteiger partial charge is 0.0960 e. The summed E-state index contributed by atoms with van der Waals surface area (Å²) in [5.41, 5.74) is 0. The second-order valence-corrected chi connectivity index (χ2v) is 3.63. The van der Waals surface area contributed by atoms with Crippen molar-refractivity contribution in [2.24, 2.45) is 0 Å². The van der Waals surface area contributed by atoms with Crippen molar-refractivity contribution >= 4 is 11.8 Å². The summed E-state index contributed by atoms with van der Waals surface area (Å²) in [5.74, 6) is 0.616. The van der Waals surface area contributed by atoms with Crippen LogP contribution in [0.4, 0.5) is 0 Å². The summed E-state index contributed by atoms with van der Waals surface area (Å²) in [5, 5.41) is 10.3. The number of rotatable bonds is 5. The van der Waals surface area contributed by atoms with Crippen LogP contribution in [0.25, 0.3) is 0 Å². The van der Waals surface area contributed by atoms with E-state index < -0.39 is 6.10 Å². The molecule has 0 fully saturated rings. The van der Waals surface area contributed by atoms with Crippen molar-refractivity contribution in [2.75, 3.05) is 19.5 Å². The van der Waals surface area contributed by atoms with Gasteiger partial charge >= 0.3 is 0 Å². The third-order valence-corrected chi connectivity index (χ3v) is 2.51. The Bertz CT molecular complexity index is 230. The lowest BCUT2D eigenvalue weighted by Crippen LogP contribution is -2.16. The Balaban J connectivity index is 2.27. The molecule has 1 N–H and O–H groups in total. The van der Waals surface area contributed by atoms with Crippen LogP contribution in [0.3, 0.4) is 0 Å². The monoisotopic (exact) mass is 199 g/mol. The molecule has 1 aromatic rings. The number of aromatic nitrogens is 1. The summed E-state index contributed by atoms with van der Waals surface area (Å²) >= 11 is 1.53. The highest BCUT2D eigenvalue weighted by atomic mass is 32.2. The Morgan fingerprint density at radius 2 is 2.46 bits per heavy atom. The first-order valence-electron chi connectivity index (χ1n) is 4.03. The van der Waals surface area contributed by atoms with Gasteiger partial charge < -0.3 is 9.84 Å². The molecule has 0 bridgehead atoms. The van der Waals surface area contributed by atoms with Crippen LogP contribution in [0.5, 0.6) is 0 Å². The van der Waals surface area contributed by atoms with E-state index in [1.807, 2.05) is 18.2 Å². The number of hydrogen-bond acceptors (Lipinski definition) is 4. The van der Waals surface area contributed by atoms with Crippen LogP contribution >= 0.6 is 11.8 Å². The lowest BCUT2D eigenvalue weighted by Gasteiger charge is -2.07. The molecule has 1 atom stereocenters. The third-order valence-electron chi connectivity index (χ3n) is 1.42. The summed E-state index contributed by atoms with van der Waals surface area (Å²) in [6.07, 6.45) is 1.32. The van der Waals surface area contributed by atoms with E-state index in [-0.39, 0.29) is 0 Å². The van der Waals surface area contributed by atoms with E-state index in [4.69, 9.17) is 4.74 Å². The van der Waals surface area contributed by atoms with Crippen LogP contribution in [0, 0.1) is 0 Å². The highest BCUT2D eigenvalue weighted by Gasteiger charge is 2.03. The summed E-state index contributed by atoms with van der Waals surface area (Å²) in [6, 6.07) is 5.72. The van der Waals surface area contributed by atoms with Crippen LogP contribution < -0.4 is 0 Å². The van der Waals surface area contributed by atoms with Crippen LogP contribution in [0.1, 0.15) is 0 Å². The maximum absolute atomic E-state index is 9.34. The first-order valence-corrected chi connectivity index (χ1v) is 5.02. The molecular weight excluding hydrogens is 186 g/mol. The van der Waals surface area contributed by atoms with Crippen LogP contribution in [0.2, 0.25) is 0 Å². The van der Waals surface area contributed by atoms with E-state index in [1.165, 1.54) is 11.8 Å². The van der Waals surface area contributed by atoms with Crippen molar-refractivity contribution in [2.45, 2.75) is 11.1 Å². The lowest BCUT2D eigenvalue weighted by molar-refractivity contribution is 0.0794. The molecule has 1 unspecified atom stereocenters. The first kappa shape index (κ1) is 10.5. The fourth-order valence-electron chi connectivity index (χ4n) is 0.855. The first-order chi connectivity index (χ1) is 6.33. The van der Waals surface area contributed by atoms with Crippen molar-refractivity contribution in [1.82, 2.24) is 4.98 Å². The molecule has 1 aromatic heterocycles. The van der Waals surface area contributed by atoms with Gasteiger partial charge in [-0.2, -0.15) is 0 Å². The fraction of sp³-hybridized carbons (Fsp3) is 0.444. The van der Waals surface area contributed by atoms with Crippen LogP contribution in [0.15, 0.2) is 29.4 Å². The number of nitrogens with zero attached hydrogens (tertiary/aromatic N) is 1. The minimum atomic E-state index is -0.419. The Morgan fingerprint density at radius 3 is 3.08 bits per heavy atom. The van der Waals surface area contributed by atoms with Gasteiger partial charge in [0.1, 0.15) is 0 Å². The van der Waals surface area contributed by atoms with E-state index in [0.29, 0.717) is 12.4 Å². The number of aliphatic hydroxyl groups excluding tert-OH is 1. The molecule has 3 nitrogen and oxygen atoms in total. The van der Waals surface area contributed by atoms with Gasteiger partial charge in [-0.3, -0.25) is 0 Å². The van der Waals surface area contributed by atoms with Crippen LogP contribution in [-0.2, 0) is 4.74 Å². The Labute approximate surface area is 82.1 Å². The molecular formula is C9H13NO2S. The predicted octanol–water partition coefficient (Wildman–Crippen LogP) is 1.18. The Hall–Kier alpha value is -0.580. The lowest BCUT2D eigenvalue weighted by atomic mass is 10.4. The highest BCUT2D eigenvalue weighted by Crippen LogP contribution is 2.14. The number of methoxy groups -OCH3 is 1. The maximum atomic E-state index is 9.34. The standard InChI is InChI=1S/C9H13NO2S/c1-12-6-8(11)7-13-9-4-2-3-5-10-9/h2-5,8,11H,6-7H2,1H3. The molecule has 0 amide bonds. The quantitative estimate of drug-likeness (QED) is 0.723. The van der Waals surface area contributed by atoms with E-state index in [2.05, 4.69) is 4.98 Å². The third kappa shape index (κ3) is 4.26. The molecule has 0 radical (unpaired) electrons. The van der Waals surface area contributed by atoms with Gasteiger partial charge in [0.05, 0.1) is 17.7 Å². The zero-order valence-electron chi connectivity index (χ0n) is 7.51. The molecule has 1 rings (SSSR count). The highest BCUT2D eigenvalue weighted by molar-refractivity contribution is 7.99. The molecule has 0 aliphatic rings. The molecule has 72 valence electrons. The van der Waals surface area contributed by atoms with Gasteiger partial charge in [-0.25, -0.2) is 4.98 Å². The normalized spacial score (nSPS) is 12.8. The van der Waals surface area contributed by atoms with E-state index in [9.17, 15) is 5.11 Å². The van der Waals surface area contributed by atoms with Crippen molar-refractivity contribution in [1.29, 1.82) is 0 Å². The van der Waals surface area contributed by atoms with E-state index >= 15 is 0 Å². The van der Waals surface area contributed by atoms with E-state index in [0.717, 1.165) is 5.03 Å². The minimum absolute atomic E-state index is 0.375. The Kier molecular flexibility index (Phi) is 4.82. The molecule has 0 aliphatic carbocycles. The second kappa shape index (κ2) is 5.96. The number of thioether (sulfide) groups is 1. The molecule has 13 heavy (non-hydrogen) atoms. The molecule has 1 heterocycles. The summed E-state index contributed by atoms with van der Waals surface area (Å²) in [6.45, 7) is 0.375. The summed E-state index contributed by atoms with van der Waals surface area (Å²) in [7, 11) is 1.58. The van der Waals surface area contributed by atoms with Gasteiger partial charge in [0.15, 0.2) is 0 Å². The zero-order chi connectivity index (χ0) is 9.52. The number of hydrogen-bond donors (Lipinski definition) is 1. The van der Waals surface area contributed by atoms with E-state index in [1.54, 1.807) is 13.3 Å². The molecule has 4 heteroatoms. The van der Waals surface area contributed by atoms with Gasteiger partial charge in [-0.15, -0.1) is 11.8 Å². The van der Waals surface area contributed by atoms with Crippen LogP contribution in [-0.4, -0.2) is 35.7 Å².